The van der Waals surface area contributed by atoms with Crippen LogP contribution < -0.4 is 5.32 Å². The maximum Gasteiger partial charge on any atom is 0.291 e. The minimum Gasteiger partial charge on any atom is -0.378 e. The van der Waals surface area contributed by atoms with Crippen molar-refractivity contribution in [2.24, 2.45) is 5.41 Å². The monoisotopic (exact) mass is 315 g/mol. The largest absolute Gasteiger partial charge is 0.378 e. The second kappa shape index (κ2) is 5.26. The van der Waals surface area contributed by atoms with Gasteiger partial charge in [0.2, 0.25) is 5.82 Å². The van der Waals surface area contributed by atoms with Gasteiger partial charge in [0.1, 0.15) is 0 Å². The molecule has 0 saturated heterocycles. The van der Waals surface area contributed by atoms with E-state index in [0.29, 0.717) is 5.78 Å². The zero-order chi connectivity index (χ0) is 16.0. The number of carbonyl (C=O) groups is 1. The summed E-state index contributed by atoms with van der Waals surface area (Å²) in [5.74, 6) is 0.413. The second-order valence-electron chi connectivity index (χ2n) is 6.53. The number of ether oxygens (including phenoxy) is 1. The first-order valence-electron chi connectivity index (χ1n) is 8.25. The number of hydrogen-bond donors (Lipinski definition) is 1. The third-order valence-electron chi connectivity index (χ3n) is 5.38. The number of fused-ring (bicyclic) bond motifs is 1. The van der Waals surface area contributed by atoms with E-state index in [0.717, 1.165) is 31.6 Å². The predicted octanol–water partition coefficient (Wildman–Crippen LogP) is 1.51. The molecule has 1 spiro atoms. The van der Waals surface area contributed by atoms with Crippen LogP contribution in [-0.4, -0.2) is 44.2 Å². The summed E-state index contributed by atoms with van der Waals surface area (Å²) in [6.45, 7) is 4.66. The van der Waals surface area contributed by atoms with E-state index in [2.05, 4.69) is 20.4 Å². The zero-order valence-electron chi connectivity index (χ0n) is 13.5. The van der Waals surface area contributed by atoms with Gasteiger partial charge in [0, 0.05) is 30.0 Å². The van der Waals surface area contributed by atoms with Crippen LogP contribution in [0.2, 0.25) is 0 Å². The summed E-state index contributed by atoms with van der Waals surface area (Å²) >= 11 is 0. The predicted molar refractivity (Wildman–Crippen MR) is 83.1 cm³/mol. The van der Waals surface area contributed by atoms with E-state index in [1.165, 1.54) is 6.42 Å². The lowest BCUT2D eigenvalue weighted by Crippen LogP contribution is -2.67. The van der Waals surface area contributed by atoms with Crippen LogP contribution in [0.4, 0.5) is 0 Å². The first kappa shape index (κ1) is 14.6. The highest BCUT2D eigenvalue weighted by atomic mass is 16.5. The molecule has 0 aromatic carbocycles. The van der Waals surface area contributed by atoms with E-state index < -0.39 is 0 Å². The van der Waals surface area contributed by atoms with Crippen LogP contribution in [0.15, 0.2) is 12.3 Å². The molecule has 2 aliphatic rings. The summed E-state index contributed by atoms with van der Waals surface area (Å²) in [6.07, 6.45) is 6.30. The van der Waals surface area contributed by atoms with Crippen molar-refractivity contribution in [3.8, 4) is 0 Å². The second-order valence-corrected chi connectivity index (χ2v) is 6.53. The van der Waals surface area contributed by atoms with E-state index >= 15 is 0 Å². The number of amides is 1. The van der Waals surface area contributed by atoms with Crippen LogP contribution in [0.3, 0.4) is 0 Å². The van der Waals surface area contributed by atoms with E-state index in [-0.39, 0.29) is 29.3 Å². The first-order chi connectivity index (χ1) is 11.1. The lowest BCUT2D eigenvalue weighted by Gasteiger charge is -2.60. The molecule has 2 aromatic heterocycles. The number of nitrogens with zero attached hydrogens (tertiary/aromatic N) is 4. The molecule has 0 unspecified atom stereocenters. The molecule has 7 nitrogen and oxygen atoms in total. The quantitative estimate of drug-likeness (QED) is 0.925. The molecule has 2 heterocycles. The Bertz CT molecular complexity index is 752. The third-order valence-corrected chi connectivity index (χ3v) is 5.38. The fourth-order valence-electron chi connectivity index (χ4n) is 3.87. The third kappa shape index (κ3) is 2.14. The van der Waals surface area contributed by atoms with Crippen molar-refractivity contribution in [2.75, 3.05) is 6.61 Å². The van der Waals surface area contributed by atoms with Crippen molar-refractivity contribution in [2.45, 2.75) is 51.7 Å². The molecule has 122 valence electrons. The van der Waals surface area contributed by atoms with E-state index in [1.807, 2.05) is 19.9 Å². The Labute approximate surface area is 134 Å². The Morgan fingerprint density at radius 2 is 2.35 bits per heavy atom. The van der Waals surface area contributed by atoms with Gasteiger partial charge in [0.15, 0.2) is 0 Å². The molecule has 4 rings (SSSR count). The lowest BCUT2D eigenvalue weighted by molar-refractivity contribution is -0.169. The van der Waals surface area contributed by atoms with Gasteiger partial charge in [-0.3, -0.25) is 4.79 Å². The number of rotatable bonds is 4. The van der Waals surface area contributed by atoms with Gasteiger partial charge in [-0.15, -0.1) is 5.10 Å². The maximum absolute atomic E-state index is 12.5. The summed E-state index contributed by atoms with van der Waals surface area (Å²) < 4.78 is 7.42. The maximum atomic E-state index is 12.5. The van der Waals surface area contributed by atoms with Crippen LogP contribution in [0.1, 0.15) is 48.9 Å². The first-order valence-corrected chi connectivity index (χ1v) is 8.25. The molecule has 2 atom stereocenters. The van der Waals surface area contributed by atoms with Crippen molar-refractivity contribution in [1.82, 2.24) is 24.9 Å². The summed E-state index contributed by atoms with van der Waals surface area (Å²) in [5.41, 5.74) is 1.04. The highest BCUT2D eigenvalue weighted by Crippen LogP contribution is 2.57. The number of carbonyl (C=O) groups excluding carboxylic acids is 1. The average Bonchev–Trinajstić information content (AvgIpc) is 2.90. The standard InChI is InChI=1S/C16H21N5O2/c1-3-23-12-9-11(16(12)6-4-7-16)18-14(22)13-19-15-17-8-5-10(2)21(15)20-13/h5,8,11-12H,3-4,6-7,9H2,1-2H3,(H,18,22)/t11-,12-/m1/s1. The van der Waals surface area contributed by atoms with Gasteiger partial charge in [0.05, 0.1) is 6.10 Å². The SMILES string of the molecule is CCO[C@@H]1C[C@@H](NC(=O)c2nc3nccc(C)n3n2)C12CCC2. The molecule has 0 aliphatic heterocycles. The normalized spacial score (nSPS) is 25.1. The Balaban J connectivity index is 1.50. The average molecular weight is 315 g/mol. The molecule has 2 aliphatic carbocycles. The lowest BCUT2D eigenvalue weighted by atomic mass is 9.51. The van der Waals surface area contributed by atoms with Crippen LogP contribution in [0.25, 0.3) is 5.78 Å². The molecule has 2 aromatic rings. The van der Waals surface area contributed by atoms with Gasteiger partial charge in [-0.05, 0) is 39.2 Å². The van der Waals surface area contributed by atoms with Gasteiger partial charge >= 0.3 is 0 Å². The molecule has 23 heavy (non-hydrogen) atoms. The van der Waals surface area contributed by atoms with Crippen molar-refractivity contribution in [1.29, 1.82) is 0 Å². The van der Waals surface area contributed by atoms with Crippen molar-refractivity contribution in [3.05, 3.63) is 23.8 Å². The Kier molecular flexibility index (Phi) is 3.33. The highest BCUT2D eigenvalue weighted by Gasteiger charge is 2.59. The highest BCUT2D eigenvalue weighted by molar-refractivity contribution is 5.91. The number of hydrogen-bond acceptors (Lipinski definition) is 5. The van der Waals surface area contributed by atoms with Gasteiger partial charge in [0.25, 0.3) is 11.7 Å². The summed E-state index contributed by atoms with van der Waals surface area (Å²) in [6, 6.07) is 2.01. The molecule has 2 saturated carbocycles. The summed E-state index contributed by atoms with van der Waals surface area (Å²) in [7, 11) is 0. The molecular formula is C16H21N5O2. The fourth-order valence-corrected chi connectivity index (χ4v) is 3.87. The van der Waals surface area contributed by atoms with Gasteiger partial charge in [-0.2, -0.15) is 4.98 Å². The minimum atomic E-state index is -0.221. The van der Waals surface area contributed by atoms with E-state index in [1.54, 1.807) is 10.7 Å². The molecule has 0 radical (unpaired) electrons. The van der Waals surface area contributed by atoms with E-state index in [4.69, 9.17) is 4.74 Å². The van der Waals surface area contributed by atoms with Crippen molar-refractivity contribution in [3.63, 3.8) is 0 Å². The molecular weight excluding hydrogens is 294 g/mol. The zero-order valence-corrected chi connectivity index (χ0v) is 13.5. The topological polar surface area (TPSA) is 81.4 Å². The number of aryl methyl sites for hydroxylation is 1. The molecule has 1 N–H and O–H groups in total. The molecule has 7 heteroatoms. The Morgan fingerprint density at radius 1 is 1.52 bits per heavy atom. The van der Waals surface area contributed by atoms with Gasteiger partial charge in [-0.1, -0.05) is 6.42 Å². The number of nitrogens with one attached hydrogen (secondary N) is 1. The Morgan fingerprint density at radius 3 is 3.00 bits per heavy atom. The minimum absolute atomic E-state index is 0.138. The van der Waals surface area contributed by atoms with Crippen LogP contribution in [0.5, 0.6) is 0 Å². The summed E-state index contributed by atoms with van der Waals surface area (Å²) in [5, 5.41) is 7.38. The molecule has 2 fully saturated rings. The summed E-state index contributed by atoms with van der Waals surface area (Å²) in [4.78, 5) is 20.9. The number of aromatic nitrogens is 4. The van der Waals surface area contributed by atoms with Crippen LogP contribution >= 0.6 is 0 Å². The fraction of sp³-hybridized carbons (Fsp3) is 0.625. The smallest absolute Gasteiger partial charge is 0.291 e. The van der Waals surface area contributed by atoms with Crippen molar-refractivity contribution < 1.29 is 9.53 Å². The van der Waals surface area contributed by atoms with Crippen LogP contribution in [-0.2, 0) is 4.74 Å². The van der Waals surface area contributed by atoms with E-state index in [9.17, 15) is 4.79 Å². The van der Waals surface area contributed by atoms with Crippen LogP contribution in [0, 0.1) is 12.3 Å². The Hall–Kier alpha value is -2.02. The van der Waals surface area contributed by atoms with Crippen molar-refractivity contribution >= 4 is 11.7 Å². The van der Waals surface area contributed by atoms with Gasteiger partial charge < -0.3 is 10.1 Å². The molecule has 1 amide bonds. The van der Waals surface area contributed by atoms with Gasteiger partial charge in [-0.25, -0.2) is 9.50 Å². The molecule has 0 bridgehead atoms.